The zero-order chi connectivity index (χ0) is 25.1. The van der Waals surface area contributed by atoms with Crippen LogP contribution >= 0.6 is 0 Å². The summed E-state index contributed by atoms with van der Waals surface area (Å²) in [5.41, 5.74) is 3.24. The lowest BCUT2D eigenvalue weighted by atomic mass is 10.1. The Morgan fingerprint density at radius 2 is 1.58 bits per heavy atom. The molecule has 0 saturated carbocycles. The number of carbonyl (C=O) groups excluding carboxylic acids is 1. The third-order valence-electron chi connectivity index (χ3n) is 6.28. The number of hydrogen-bond donors (Lipinski definition) is 0. The highest BCUT2D eigenvalue weighted by Gasteiger charge is 2.26. The smallest absolute Gasteiger partial charge is 0.272 e. The predicted molar refractivity (Wildman–Crippen MR) is 133 cm³/mol. The Labute approximate surface area is 207 Å². The maximum absolute atomic E-state index is 13.6. The quantitative estimate of drug-likeness (QED) is 0.296. The van der Waals surface area contributed by atoms with Gasteiger partial charge in [-0.25, -0.2) is 9.07 Å². The second-order valence-corrected chi connectivity index (χ2v) is 8.66. The monoisotopic (exact) mass is 485 g/mol. The highest BCUT2D eigenvalue weighted by atomic mass is 19.1. The molecule has 1 aromatic heterocycles. The average molecular weight is 486 g/mol. The molecule has 9 heteroatoms. The van der Waals surface area contributed by atoms with Crippen LogP contribution in [0, 0.1) is 15.9 Å². The molecule has 0 aliphatic carbocycles. The van der Waals surface area contributed by atoms with Crippen molar-refractivity contribution in [3.05, 3.63) is 112 Å². The van der Waals surface area contributed by atoms with Crippen LogP contribution < -0.4 is 0 Å². The molecule has 1 fully saturated rings. The van der Waals surface area contributed by atoms with Gasteiger partial charge >= 0.3 is 0 Å². The van der Waals surface area contributed by atoms with Crippen molar-refractivity contribution >= 4 is 11.6 Å². The first-order valence-electron chi connectivity index (χ1n) is 11.6. The van der Waals surface area contributed by atoms with Crippen LogP contribution in [-0.4, -0.2) is 56.6 Å². The topological polar surface area (TPSA) is 84.5 Å². The first-order valence-corrected chi connectivity index (χ1v) is 11.6. The molecule has 1 aliphatic heterocycles. The van der Waals surface area contributed by atoms with Gasteiger partial charge in [-0.05, 0) is 48.0 Å². The number of rotatable bonds is 6. The predicted octanol–water partition coefficient (Wildman–Crippen LogP) is 4.54. The normalized spacial score (nSPS) is 14.1. The molecule has 1 aliphatic rings. The van der Waals surface area contributed by atoms with E-state index in [0.717, 1.165) is 19.6 Å². The van der Waals surface area contributed by atoms with Crippen molar-refractivity contribution < 1.29 is 14.1 Å². The Kier molecular flexibility index (Phi) is 6.55. The van der Waals surface area contributed by atoms with Crippen molar-refractivity contribution in [3.8, 4) is 16.9 Å². The van der Waals surface area contributed by atoms with Crippen molar-refractivity contribution in [2.45, 2.75) is 6.54 Å². The lowest BCUT2D eigenvalue weighted by molar-refractivity contribution is -0.384. The van der Waals surface area contributed by atoms with Crippen LogP contribution in [0.4, 0.5) is 10.1 Å². The molecule has 0 bridgehead atoms. The van der Waals surface area contributed by atoms with Gasteiger partial charge in [0.05, 0.1) is 16.3 Å². The summed E-state index contributed by atoms with van der Waals surface area (Å²) in [6.45, 7) is 3.47. The molecule has 3 aromatic carbocycles. The minimum absolute atomic E-state index is 0.0490. The van der Waals surface area contributed by atoms with Crippen LogP contribution in [0.15, 0.2) is 84.9 Å². The molecule has 0 spiro atoms. The van der Waals surface area contributed by atoms with Gasteiger partial charge < -0.3 is 4.90 Å². The summed E-state index contributed by atoms with van der Waals surface area (Å²) in [7, 11) is 0. The highest BCUT2D eigenvalue weighted by molar-refractivity contribution is 5.94. The molecule has 0 radical (unpaired) electrons. The number of carbonyl (C=O) groups is 1. The average Bonchev–Trinajstić information content (AvgIpc) is 3.35. The van der Waals surface area contributed by atoms with E-state index in [9.17, 15) is 19.3 Å². The van der Waals surface area contributed by atoms with Crippen LogP contribution in [0.1, 0.15) is 16.1 Å². The minimum Gasteiger partial charge on any atom is -0.335 e. The van der Waals surface area contributed by atoms with E-state index >= 15 is 0 Å². The molecule has 0 atom stereocenters. The van der Waals surface area contributed by atoms with E-state index in [1.54, 1.807) is 35.2 Å². The maximum Gasteiger partial charge on any atom is 0.272 e. The van der Waals surface area contributed by atoms with Gasteiger partial charge in [-0.15, -0.1) is 0 Å². The van der Waals surface area contributed by atoms with Crippen molar-refractivity contribution in [3.63, 3.8) is 0 Å². The van der Waals surface area contributed by atoms with E-state index in [1.807, 2.05) is 18.2 Å². The zero-order valence-electron chi connectivity index (χ0n) is 19.5. The summed E-state index contributed by atoms with van der Waals surface area (Å²) in [5.74, 6) is -0.535. The van der Waals surface area contributed by atoms with Gasteiger partial charge in [0, 0.05) is 50.4 Å². The number of nitro groups is 1. The Balaban J connectivity index is 1.40. The van der Waals surface area contributed by atoms with Crippen molar-refractivity contribution in [2.75, 3.05) is 26.2 Å². The third kappa shape index (κ3) is 5.01. The summed E-state index contributed by atoms with van der Waals surface area (Å²) in [4.78, 5) is 28.3. The Bertz CT molecular complexity index is 1360. The summed E-state index contributed by atoms with van der Waals surface area (Å²) < 4.78 is 15.0. The Morgan fingerprint density at radius 3 is 2.22 bits per heavy atom. The highest BCUT2D eigenvalue weighted by Crippen LogP contribution is 2.25. The van der Waals surface area contributed by atoms with Gasteiger partial charge in [0.15, 0.2) is 0 Å². The summed E-state index contributed by atoms with van der Waals surface area (Å²) >= 11 is 0. The SMILES string of the molecule is O=C(c1cc(-c2ccc(F)cc2)nn1-c1ccc([N+](=O)[O-])cc1)N1CCN(Cc2ccccc2)CC1. The van der Waals surface area contributed by atoms with Crippen LogP contribution in [0.5, 0.6) is 0 Å². The fraction of sp³-hybridized carbons (Fsp3) is 0.185. The molecule has 2 heterocycles. The molecule has 36 heavy (non-hydrogen) atoms. The Morgan fingerprint density at radius 1 is 0.917 bits per heavy atom. The number of halogens is 1. The van der Waals surface area contributed by atoms with Gasteiger partial charge in [0.1, 0.15) is 11.5 Å². The van der Waals surface area contributed by atoms with Crippen molar-refractivity contribution in [1.82, 2.24) is 19.6 Å². The van der Waals surface area contributed by atoms with Gasteiger partial charge in [-0.3, -0.25) is 19.8 Å². The summed E-state index contributed by atoms with van der Waals surface area (Å²) in [6.07, 6.45) is 0. The minimum atomic E-state index is -0.474. The van der Waals surface area contributed by atoms with Gasteiger partial charge in [0.25, 0.3) is 11.6 Å². The summed E-state index contributed by atoms with van der Waals surface area (Å²) in [5, 5.41) is 15.7. The zero-order valence-corrected chi connectivity index (χ0v) is 19.5. The van der Waals surface area contributed by atoms with E-state index in [0.29, 0.717) is 35.7 Å². The number of benzene rings is 3. The molecule has 1 saturated heterocycles. The molecule has 8 nitrogen and oxygen atoms in total. The van der Waals surface area contributed by atoms with Gasteiger partial charge in [0.2, 0.25) is 0 Å². The van der Waals surface area contributed by atoms with E-state index in [2.05, 4.69) is 22.1 Å². The number of nitro benzene ring substituents is 1. The molecule has 5 rings (SSSR count). The van der Waals surface area contributed by atoms with Crippen molar-refractivity contribution in [2.24, 2.45) is 0 Å². The maximum atomic E-state index is 13.6. The van der Waals surface area contributed by atoms with Gasteiger partial charge in [-0.1, -0.05) is 30.3 Å². The van der Waals surface area contributed by atoms with Crippen LogP contribution in [0.2, 0.25) is 0 Å². The third-order valence-corrected chi connectivity index (χ3v) is 6.28. The lowest BCUT2D eigenvalue weighted by Gasteiger charge is -2.34. The number of amides is 1. The number of aromatic nitrogens is 2. The fourth-order valence-corrected chi connectivity index (χ4v) is 4.32. The molecule has 4 aromatic rings. The molecular formula is C27H24FN5O3. The molecular weight excluding hydrogens is 461 g/mol. The van der Waals surface area contributed by atoms with E-state index in [1.165, 1.54) is 34.5 Å². The second kappa shape index (κ2) is 10.1. The number of non-ortho nitro benzene ring substituents is 1. The summed E-state index contributed by atoms with van der Waals surface area (Å²) in [6, 6.07) is 23.7. The first kappa shape index (κ1) is 23.4. The molecule has 182 valence electrons. The van der Waals surface area contributed by atoms with Crippen LogP contribution in [0.25, 0.3) is 16.9 Å². The second-order valence-electron chi connectivity index (χ2n) is 8.66. The standard InChI is InChI=1S/C27H24FN5O3/c28-22-8-6-21(7-9-22)25-18-26(32(29-25)23-10-12-24(13-11-23)33(35)36)27(34)31-16-14-30(15-17-31)19-20-4-2-1-3-5-20/h1-13,18H,14-17,19H2. The van der Waals surface area contributed by atoms with Crippen LogP contribution in [0.3, 0.4) is 0 Å². The van der Waals surface area contributed by atoms with Gasteiger partial charge in [-0.2, -0.15) is 5.10 Å². The largest absolute Gasteiger partial charge is 0.335 e. The molecule has 0 N–H and O–H groups in total. The number of hydrogen-bond acceptors (Lipinski definition) is 5. The molecule has 1 amide bonds. The van der Waals surface area contributed by atoms with E-state index < -0.39 is 4.92 Å². The van der Waals surface area contributed by atoms with Crippen LogP contribution in [-0.2, 0) is 6.54 Å². The van der Waals surface area contributed by atoms with Crippen molar-refractivity contribution in [1.29, 1.82) is 0 Å². The lowest BCUT2D eigenvalue weighted by Crippen LogP contribution is -2.48. The van der Waals surface area contributed by atoms with E-state index in [4.69, 9.17) is 0 Å². The number of piperazine rings is 1. The van der Waals surface area contributed by atoms with E-state index in [-0.39, 0.29) is 17.4 Å². The first-order chi connectivity index (χ1) is 17.5. The Hall–Kier alpha value is -4.37. The molecule has 0 unspecified atom stereocenters. The number of nitrogens with zero attached hydrogens (tertiary/aromatic N) is 5. The fourth-order valence-electron chi connectivity index (χ4n) is 4.32.